The molecule has 0 fully saturated rings. The Labute approximate surface area is 99.0 Å². The molecular formula is C11H15N5O. The van der Waals surface area contributed by atoms with Crippen molar-refractivity contribution in [2.75, 3.05) is 5.32 Å². The molecule has 0 aliphatic heterocycles. The first kappa shape index (κ1) is 11.4. The number of H-pyrrole nitrogens is 1. The average molecular weight is 233 g/mol. The fourth-order valence-corrected chi connectivity index (χ4v) is 1.59. The second kappa shape index (κ2) is 4.40. The number of hydrogen-bond donors (Lipinski definition) is 2. The molecule has 0 saturated heterocycles. The molecule has 2 aromatic heterocycles. The van der Waals surface area contributed by atoms with Crippen LogP contribution in [0.2, 0.25) is 0 Å². The third kappa shape index (κ3) is 2.20. The summed E-state index contributed by atoms with van der Waals surface area (Å²) in [5, 5.41) is 13.8. The van der Waals surface area contributed by atoms with E-state index in [1.54, 1.807) is 30.1 Å². The molecule has 2 heterocycles. The van der Waals surface area contributed by atoms with E-state index in [0.29, 0.717) is 0 Å². The molecule has 1 amide bonds. The Morgan fingerprint density at radius 2 is 2.29 bits per heavy atom. The smallest absolute Gasteiger partial charge is 0.249 e. The number of aromatic nitrogens is 4. The molecule has 0 aromatic carbocycles. The molecule has 6 nitrogen and oxygen atoms in total. The van der Waals surface area contributed by atoms with Gasteiger partial charge in [0, 0.05) is 12.4 Å². The summed E-state index contributed by atoms with van der Waals surface area (Å²) in [4.78, 5) is 12.0. The van der Waals surface area contributed by atoms with Crippen molar-refractivity contribution in [2.45, 2.75) is 26.8 Å². The van der Waals surface area contributed by atoms with Gasteiger partial charge in [0.05, 0.1) is 17.1 Å². The SMILES string of the molecule is Cc1n[nH]c(C)c1NC(=O)C(C)n1cccn1. The lowest BCUT2D eigenvalue weighted by molar-refractivity contribution is -0.119. The number of nitrogens with one attached hydrogen (secondary N) is 2. The van der Waals surface area contributed by atoms with Gasteiger partial charge >= 0.3 is 0 Å². The first-order valence-corrected chi connectivity index (χ1v) is 5.41. The second-order valence-corrected chi connectivity index (χ2v) is 3.96. The molecule has 2 aromatic rings. The van der Waals surface area contributed by atoms with E-state index in [-0.39, 0.29) is 11.9 Å². The minimum absolute atomic E-state index is 0.110. The molecule has 0 spiro atoms. The van der Waals surface area contributed by atoms with Crippen LogP contribution < -0.4 is 5.32 Å². The maximum atomic E-state index is 12.0. The zero-order valence-electron chi connectivity index (χ0n) is 10.1. The highest BCUT2D eigenvalue weighted by atomic mass is 16.2. The number of rotatable bonds is 3. The Balaban J connectivity index is 2.12. The van der Waals surface area contributed by atoms with Gasteiger partial charge in [0.25, 0.3) is 0 Å². The lowest BCUT2D eigenvalue weighted by atomic mass is 10.2. The number of aromatic amines is 1. The van der Waals surface area contributed by atoms with Crippen molar-refractivity contribution in [1.29, 1.82) is 0 Å². The number of carbonyl (C=O) groups excluding carboxylic acids is 1. The van der Waals surface area contributed by atoms with Crippen LogP contribution in [0.1, 0.15) is 24.4 Å². The van der Waals surface area contributed by atoms with Crippen molar-refractivity contribution in [3.63, 3.8) is 0 Å². The quantitative estimate of drug-likeness (QED) is 0.841. The summed E-state index contributed by atoms with van der Waals surface area (Å²) in [5.41, 5.74) is 2.38. The molecule has 0 saturated carbocycles. The normalized spacial score (nSPS) is 12.4. The summed E-state index contributed by atoms with van der Waals surface area (Å²) in [6, 6.07) is 1.44. The van der Waals surface area contributed by atoms with Crippen LogP contribution in [0, 0.1) is 13.8 Å². The van der Waals surface area contributed by atoms with Gasteiger partial charge in [-0.3, -0.25) is 14.6 Å². The highest BCUT2D eigenvalue weighted by molar-refractivity contribution is 5.94. The van der Waals surface area contributed by atoms with Crippen LogP contribution in [-0.4, -0.2) is 25.9 Å². The molecule has 2 N–H and O–H groups in total. The van der Waals surface area contributed by atoms with Gasteiger partial charge < -0.3 is 5.32 Å². The number of hydrogen-bond acceptors (Lipinski definition) is 3. The predicted molar refractivity (Wildman–Crippen MR) is 63.6 cm³/mol. The third-order valence-electron chi connectivity index (χ3n) is 2.68. The van der Waals surface area contributed by atoms with Crippen LogP contribution in [0.5, 0.6) is 0 Å². The fraction of sp³-hybridized carbons (Fsp3) is 0.364. The molecule has 0 bridgehead atoms. The number of nitrogens with zero attached hydrogens (tertiary/aromatic N) is 3. The summed E-state index contributed by atoms with van der Waals surface area (Å²) in [6.07, 6.45) is 3.41. The lowest BCUT2D eigenvalue weighted by Crippen LogP contribution is -2.24. The van der Waals surface area contributed by atoms with Crippen molar-refractivity contribution in [2.24, 2.45) is 0 Å². The second-order valence-electron chi connectivity index (χ2n) is 3.96. The van der Waals surface area contributed by atoms with Gasteiger partial charge in [-0.1, -0.05) is 0 Å². The van der Waals surface area contributed by atoms with Crippen molar-refractivity contribution >= 4 is 11.6 Å². The van der Waals surface area contributed by atoms with E-state index in [2.05, 4.69) is 20.6 Å². The topological polar surface area (TPSA) is 75.6 Å². The van der Waals surface area contributed by atoms with Gasteiger partial charge in [0.2, 0.25) is 5.91 Å². The van der Waals surface area contributed by atoms with Crippen LogP contribution in [0.4, 0.5) is 5.69 Å². The van der Waals surface area contributed by atoms with Crippen LogP contribution in [0.25, 0.3) is 0 Å². The Morgan fingerprint density at radius 1 is 1.53 bits per heavy atom. The third-order valence-corrected chi connectivity index (χ3v) is 2.68. The van der Waals surface area contributed by atoms with Crippen LogP contribution in [0.3, 0.4) is 0 Å². The zero-order chi connectivity index (χ0) is 12.4. The fourth-order valence-electron chi connectivity index (χ4n) is 1.59. The first-order valence-electron chi connectivity index (χ1n) is 5.41. The molecule has 2 rings (SSSR count). The molecule has 1 unspecified atom stereocenters. The van der Waals surface area contributed by atoms with E-state index in [1.807, 2.05) is 13.8 Å². The lowest BCUT2D eigenvalue weighted by Gasteiger charge is -2.12. The summed E-state index contributed by atoms with van der Waals surface area (Å²) in [6.45, 7) is 5.51. The molecule has 1 atom stereocenters. The first-order chi connectivity index (χ1) is 8.09. The van der Waals surface area contributed by atoms with Gasteiger partial charge in [-0.2, -0.15) is 10.2 Å². The number of aryl methyl sites for hydroxylation is 2. The van der Waals surface area contributed by atoms with E-state index < -0.39 is 0 Å². The minimum Gasteiger partial charge on any atom is -0.321 e. The molecule has 0 aliphatic rings. The number of anilines is 1. The monoisotopic (exact) mass is 233 g/mol. The van der Waals surface area contributed by atoms with Gasteiger partial charge in [0.1, 0.15) is 6.04 Å². The van der Waals surface area contributed by atoms with E-state index in [1.165, 1.54) is 0 Å². The van der Waals surface area contributed by atoms with E-state index in [0.717, 1.165) is 17.1 Å². The molecule has 0 radical (unpaired) electrons. The van der Waals surface area contributed by atoms with Crippen molar-refractivity contribution < 1.29 is 4.79 Å². The van der Waals surface area contributed by atoms with Crippen molar-refractivity contribution in [3.05, 3.63) is 29.8 Å². The minimum atomic E-state index is -0.348. The molecular weight excluding hydrogens is 218 g/mol. The van der Waals surface area contributed by atoms with Crippen LogP contribution in [0.15, 0.2) is 18.5 Å². The Hall–Kier alpha value is -2.11. The summed E-state index contributed by atoms with van der Waals surface area (Å²) >= 11 is 0. The maximum Gasteiger partial charge on any atom is 0.249 e. The van der Waals surface area contributed by atoms with Gasteiger partial charge in [-0.05, 0) is 26.8 Å². The Morgan fingerprint density at radius 3 is 2.82 bits per heavy atom. The van der Waals surface area contributed by atoms with Gasteiger partial charge in [-0.25, -0.2) is 0 Å². The largest absolute Gasteiger partial charge is 0.321 e. The van der Waals surface area contributed by atoms with Gasteiger partial charge in [0.15, 0.2) is 0 Å². The average Bonchev–Trinajstić information content (AvgIpc) is 2.93. The van der Waals surface area contributed by atoms with Crippen LogP contribution >= 0.6 is 0 Å². The Bertz CT molecular complexity index is 494. The summed E-state index contributed by atoms with van der Waals surface area (Å²) < 4.78 is 1.61. The highest BCUT2D eigenvalue weighted by Gasteiger charge is 2.17. The van der Waals surface area contributed by atoms with Crippen molar-refractivity contribution in [1.82, 2.24) is 20.0 Å². The Kier molecular flexibility index (Phi) is 2.95. The van der Waals surface area contributed by atoms with E-state index in [9.17, 15) is 4.79 Å². The summed E-state index contributed by atoms with van der Waals surface area (Å²) in [5.74, 6) is -0.110. The van der Waals surface area contributed by atoms with E-state index in [4.69, 9.17) is 0 Å². The molecule has 0 aliphatic carbocycles. The highest BCUT2D eigenvalue weighted by Crippen LogP contribution is 2.17. The predicted octanol–water partition coefficient (Wildman–Crippen LogP) is 1.42. The molecule has 6 heteroatoms. The van der Waals surface area contributed by atoms with Crippen molar-refractivity contribution in [3.8, 4) is 0 Å². The van der Waals surface area contributed by atoms with Gasteiger partial charge in [-0.15, -0.1) is 0 Å². The van der Waals surface area contributed by atoms with E-state index >= 15 is 0 Å². The van der Waals surface area contributed by atoms with Crippen LogP contribution in [-0.2, 0) is 4.79 Å². The molecule has 17 heavy (non-hydrogen) atoms. The zero-order valence-corrected chi connectivity index (χ0v) is 10.1. The maximum absolute atomic E-state index is 12.0. The number of carbonyl (C=O) groups is 1. The number of amides is 1. The standard InChI is InChI=1S/C11H15N5O/c1-7-10(8(2)15-14-7)13-11(17)9(3)16-6-4-5-12-16/h4-6,9H,1-3H3,(H,13,17)(H,14,15). The summed E-state index contributed by atoms with van der Waals surface area (Å²) in [7, 11) is 0. The molecule has 90 valence electrons.